The maximum Gasteiger partial charge on any atom is 0.230 e. The quantitative estimate of drug-likeness (QED) is 0.845. The summed E-state index contributed by atoms with van der Waals surface area (Å²) in [4.78, 5) is 15.6. The predicted octanol–water partition coefficient (Wildman–Crippen LogP) is 1.49. The highest BCUT2D eigenvalue weighted by atomic mass is 32.2. The molecule has 20 heavy (non-hydrogen) atoms. The maximum atomic E-state index is 11.6. The van der Waals surface area contributed by atoms with Gasteiger partial charge in [-0.15, -0.1) is 10.2 Å². The molecular formula is C13H17N5OS. The molecule has 0 aliphatic rings. The molecule has 0 saturated heterocycles. The van der Waals surface area contributed by atoms with Crippen LogP contribution in [0.3, 0.4) is 0 Å². The van der Waals surface area contributed by atoms with E-state index in [1.807, 2.05) is 37.6 Å². The van der Waals surface area contributed by atoms with Gasteiger partial charge in [-0.1, -0.05) is 11.8 Å². The van der Waals surface area contributed by atoms with E-state index in [2.05, 4.69) is 20.5 Å². The van der Waals surface area contributed by atoms with E-state index in [9.17, 15) is 4.79 Å². The molecule has 0 fully saturated rings. The van der Waals surface area contributed by atoms with Crippen LogP contribution in [0.15, 0.2) is 29.7 Å². The van der Waals surface area contributed by atoms with Gasteiger partial charge in [-0.05, 0) is 26.0 Å². The van der Waals surface area contributed by atoms with Gasteiger partial charge in [0.05, 0.1) is 5.75 Å². The monoisotopic (exact) mass is 291 g/mol. The lowest BCUT2D eigenvalue weighted by molar-refractivity contribution is -0.119. The first kappa shape index (κ1) is 14.5. The summed E-state index contributed by atoms with van der Waals surface area (Å²) >= 11 is 1.37. The Morgan fingerprint density at radius 2 is 2.05 bits per heavy atom. The lowest BCUT2D eigenvalue weighted by Gasteiger charge is -2.07. The van der Waals surface area contributed by atoms with E-state index in [-0.39, 0.29) is 11.9 Å². The van der Waals surface area contributed by atoms with Crippen molar-refractivity contribution >= 4 is 17.7 Å². The molecule has 0 unspecified atom stereocenters. The van der Waals surface area contributed by atoms with Crippen LogP contribution in [0.25, 0.3) is 11.4 Å². The summed E-state index contributed by atoms with van der Waals surface area (Å²) in [5.74, 6) is 1.10. The van der Waals surface area contributed by atoms with Crippen molar-refractivity contribution in [3.05, 3.63) is 24.5 Å². The summed E-state index contributed by atoms with van der Waals surface area (Å²) in [6.07, 6.45) is 3.43. The van der Waals surface area contributed by atoms with Gasteiger partial charge in [0, 0.05) is 31.0 Å². The van der Waals surface area contributed by atoms with E-state index in [1.54, 1.807) is 12.4 Å². The molecule has 2 rings (SSSR count). The summed E-state index contributed by atoms with van der Waals surface area (Å²) in [6, 6.07) is 3.91. The Morgan fingerprint density at radius 3 is 2.70 bits per heavy atom. The highest BCUT2D eigenvalue weighted by Crippen LogP contribution is 2.21. The predicted molar refractivity (Wildman–Crippen MR) is 78.2 cm³/mol. The first-order chi connectivity index (χ1) is 9.58. The second-order valence-electron chi connectivity index (χ2n) is 4.61. The van der Waals surface area contributed by atoms with Gasteiger partial charge >= 0.3 is 0 Å². The lowest BCUT2D eigenvalue weighted by atomic mass is 10.2. The third kappa shape index (κ3) is 3.57. The number of pyridine rings is 1. The third-order valence-corrected chi connectivity index (χ3v) is 3.58. The normalized spacial score (nSPS) is 10.8. The number of hydrogen-bond acceptors (Lipinski definition) is 5. The largest absolute Gasteiger partial charge is 0.353 e. The minimum absolute atomic E-state index is 0.00142. The van der Waals surface area contributed by atoms with Crippen LogP contribution >= 0.6 is 11.8 Å². The fraction of sp³-hybridized carbons (Fsp3) is 0.385. The average Bonchev–Trinajstić information content (AvgIpc) is 2.78. The summed E-state index contributed by atoms with van der Waals surface area (Å²) in [5.41, 5.74) is 0.952. The smallest absolute Gasteiger partial charge is 0.230 e. The molecule has 0 aliphatic heterocycles. The molecule has 0 aromatic carbocycles. The number of amides is 1. The fourth-order valence-electron chi connectivity index (χ4n) is 1.69. The molecule has 2 aromatic heterocycles. The Morgan fingerprint density at radius 1 is 1.35 bits per heavy atom. The van der Waals surface area contributed by atoms with Crippen molar-refractivity contribution in [3.8, 4) is 11.4 Å². The Bertz CT molecular complexity index is 582. The summed E-state index contributed by atoms with van der Waals surface area (Å²) in [5, 5.41) is 11.8. The van der Waals surface area contributed by atoms with Gasteiger partial charge in [-0.25, -0.2) is 0 Å². The molecule has 6 nitrogen and oxygen atoms in total. The third-order valence-electron chi connectivity index (χ3n) is 2.56. The van der Waals surface area contributed by atoms with Crippen molar-refractivity contribution in [2.45, 2.75) is 25.0 Å². The molecule has 7 heteroatoms. The van der Waals surface area contributed by atoms with Crippen molar-refractivity contribution < 1.29 is 4.79 Å². The molecule has 0 saturated carbocycles. The Kier molecular flexibility index (Phi) is 4.73. The lowest BCUT2D eigenvalue weighted by Crippen LogP contribution is -2.31. The van der Waals surface area contributed by atoms with Gasteiger partial charge in [0.15, 0.2) is 11.0 Å². The minimum Gasteiger partial charge on any atom is -0.353 e. The second-order valence-corrected chi connectivity index (χ2v) is 5.55. The number of aromatic nitrogens is 4. The van der Waals surface area contributed by atoms with Crippen molar-refractivity contribution in [1.29, 1.82) is 0 Å². The number of carbonyl (C=O) groups is 1. The number of thioether (sulfide) groups is 1. The summed E-state index contributed by atoms with van der Waals surface area (Å²) in [7, 11) is 1.89. The van der Waals surface area contributed by atoms with Crippen molar-refractivity contribution in [2.24, 2.45) is 7.05 Å². The Labute approximate surface area is 122 Å². The van der Waals surface area contributed by atoms with E-state index in [0.717, 1.165) is 16.5 Å². The van der Waals surface area contributed by atoms with Crippen LogP contribution in [-0.2, 0) is 11.8 Å². The molecule has 1 N–H and O–H groups in total. The molecule has 0 bridgehead atoms. The van der Waals surface area contributed by atoms with Gasteiger partial charge in [0.25, 0.3) is 0 Å². The fourth-order valence-corrected chi connectivity index (χ4v) is 2.41. The maximum absolute atomic E-state index is 11.6. The zero-order valence-electron chi connectivity index (χ0n) is 11.7. The van der Waals surface area contributed by atoms with Gasteiger partial charge in [0.1, 0.15) is 0 Å². The first-order valence-electron chi connectivity index (χ1n) is 6.30. The molecular weight excluding hydrogens is 274 g/mol. The van der Waals surface area contributed by atoms with Crippen LogP contribution in [0, 0.1) is 0 Å². The molecule has 0 radical (unpaired) electrons. The second kappa shape index (κ2) is 6.51. The van der Waals surface area contributed by atoms with E-state index in [4.69, 9.17) is 0 Å². The summed E-state index contributed by atoms with van der Waals surface area (Å²) < 4.78 is 1.88. The number of hydrogen-bond donors (Lipinski definition) is 1. The SMILES string of the molecule is CC(C)NC(=O)CSc1nnc(-c2ccncc2)n1C. The number of nitrogens with zero attached hydrogens (tertiary/aromatic N) is 4. The molecule has 1 amide bonds. The molecule has 2 aromatic rings. The number of carbonyl (C=O) groups excluding carboxylic acids is 1. The standard InChI is InChI=1S/C13H17N5OS/c1-9(2)15-11(19)8-20-13-17-16-12(18(13)3)10-4-6-14-7-5-10/h4-7,9H,8H2,1-3H3,(H,15,19). The van der Waals surface area contributed by atoms with Gasteiger partial charge in [-0.3, -0.25) is 9.78 Å². The first-order valence-corrected chi connectivity index (χ1v) is 7.28. The van der Waals surface area contributed by atoms with Crippen LogP contribution in [0.5, 0.6) is 0 Å². The highest BCUT2D eigenvalue weighted by Gasteiger charge is 2.12. The Hall–Kier alpha value is -1.89. The van der Waals surface area contributed by atoms with Gasteiger partial charge in [0.2, 0.25) is 5.91 Å². The van der Waals surface area contributed by atoms with Crippen LogP contribution in [-0.4, -0.2) is 37.5 Å². The zero-order chi connectivity index (χ0) is 14.5. The van der Waals surface area contributed by atoms with Gasteiger partial charge in [-0.2, -0.15) is 0 Å². The summed E-state index contributed by atoms with van der Waals surface area (Å²) in [6.45, 7) is 3.87. The zero-order valence-corrected chi connectivity index (χ0v) is 12.5. The van der Waals surface area contributed by atoms with E-state index in [1.165, 1.54) is 11.8 Å². The molecule has 106 valence electrons. The molecule has 0 atom stereocenters. The van der Waals surface area contributed by atoms with Crippen LogP contribution in [0.2, 0.25) is 0 Å². The highest BCUT2D eigenvalue weighted by molar-refractivity contribution is 7.99. The number of rotatable bonds is 5. The molecule has 0 spiro atoms. The van der Waals surface area contributed by atoms with Gasteiger partial charge < -0.3 is 9.88 Å². The van der Waals surface area contributed by atoms with E-state index in [0.29, 0.717) is 5.75 Å². The topological polar surface area (TPSA) is 72.7 Å². The van der Waals surface area contributed by atoms with E-state index < -0.39 is 0 Å². The van der Waals surface area contributed by atoms with Crippen LogP contribution < -0.4 is 5.32 Å². The molecule has 2 heterocycles. The van der Waals surface area contributed by atoms with Crippen molar-refractivity contribution in [2.75, 3.05) is 5.75 Å². The Balaban J connectivity index is 2.05. The van der Waals surface area contributed by atoms with Crippen molar-refractivity contribution in [3.63, 3.8) is 0 Å². The van der Waals surface area contributed by atoms with Crippen molar-refractivity contribution in [1.82, 2.24) is 25.1 Å². The molecule has 0 aliphatic carbocycles. The number of nitrogens with one attached hydrogen (secondary N) is 1. The average molecular weight is 291 g/mol. The van der Waals surface area contributed by atoms with E-state index >= 15 is 0 Å². The minimum atomic E-state index is -0.00142. The van der Waals surface area contributed by atoms with Crippen LogP contribution in [0.1, 0.15) is 13.8 Å². The van der Waals surface area contributed by atoms with Crippen LogP contribution in [0.4, 0.5) is 0 Å².